The zero-order valence-corrected chi connectivity index (χ0v) is 11.5. The summed E-state index contributed by atoms with van der Waals surface area (Å²) in [6.07, 6.45) is 1.08. The molecule has 0 saturated heterocycles. The first-order valence-corrected chi connectivity index (χ1v) is 6.82. The SMILES string of the molecule is C=C(CNC(CC)c1ccccc1)c1ccccc1. The minimum atomic E-state index is 0.390. The van der Waals surface area contributed by atoms with Gasteiger partial charge in [-0.1, -0.05) is 74.2 Å². The van der Waals surface area contributed by atoms with Crippen molar-refractivity contribution in [1.29, 1.82) is 0 Å². The predicted molar refractivity (Wildman–Crippen MR) is 83.0 cm³/mol. The summed E-state index contributed by atoms with van der Waals surface area (Å²) in [7, 11) is 0. The molecule has 0 spiro atoms. The van der Waals surface area contributed by atoms with Crippen LogP contribution in [0.1, 0.15) is 30.5 Å². The van der Waals surface area contributed by atoms with Crippen LogP contribution in [0, 0.1) is 0 Å². The minimum Gasteiger partial charge on any atom is -0.306 e. The molecule has 0 radical (unpaired) electrons. The summed E-state index contributed by atoms with van der Waals surface area (Å²) in [6, 6.07) is 21.3. The smallest absolute Gasteiger partial charge is 0.0320 e. The van der Waals surface area contributed by atoms with Crippen LogP contribution in [0.2, 0.25) is 0 Å². The summed E-state index contributed by atoms with van der Waals surface area (Å²) < 4.78 is 0. The summed E-state index contributed by atoms with van der Waals surface area (Å²) in [4.78, 5) is 0. The van der Waals surface area contributed by atoms with Crippen molar-refractivity contribution in [1.82, 2.24) is 5.32 Å². The van der Waals surface area contributed by atoms with Crippen molar-refractivity contribution >= 4 is 5.57 Å². The zero-order chi connectivity index (χ0) is 13.5. The lowest BCUT2D eigenvalue weighted by Crippen LogP contribution is -2.22. The number of rotatable bonds is 6. The van der Waals surface area contributed by atoms with Crippen LogP contribution in [0.25, 0.3) is 5.57 Å². The van der Waals surface area contributed by atoms with Crippen molar-refractivity contribution in [3.63, 3.8) is 0 Å². The third-order valence-electron chi connectivity index (χ3n) is 3.35. The van der Waals surface area contributed by atoms with Crippen LogP contribution in [-0.2, 0) is 0 Å². The summed E-state index contributed by atoms with van der Waals surface area (Å²) >= 11 is 0. The average molecular weight is 251 g/mol. The van der Waals surface area contributed by atoms with E-state index in [4.69, 9.17) is 0 Å². The fraction of sp³-hybridized carbons (Fsp3) is 0.222. The van der Waals surface area contributed by atoms with Crippen molar-refractivity contribution in [3.05, 3.63) is 78.4 Å². The predicted octanol–water partition coefficient (Wildman–Crippen LogP) is 4.44. The first-order valence-electron chi connectivity index (χ1n) is 6.82. The fourth-order valence-electron chi connectivity index (χ4n) is 2.21. The topological polar surface area (TPSA) is 12.0 Å². The Kier molecular flexibility index (Phi) is 4.93. The van der Waals surface area contributed by atoms with Crippen molar-refractivity contribution in [2.45, 2.75) is 19.4 Å². The Bertz CT molecular complexity index is 502. The Labute approximate surface area is 116 Å². The summed E-state index contributed by atoms with van der Waals surface area (Å²) in [5.41, 5.74) is 3.68. The molecule has 0 heterocycles. The molecule has 1 unspecified atom stereocenters. The Morgan fingerprint density at radius 1 is 1.00 bits per heavy atom. The van der Waals surface area contributed by atoms with Gasteiger partial charge in [-0.05, 0) is 23.1 Å². The molecule has 0 amide bonds. The lowest BCUT2D eigenvalue weighted by molar-refractivity contribution is 0.555. The highest BCUT2D eigenvalue weighted by molar-refractivity contribution is 5.64. The summed E-state index contributed by atoms with van der Waals surface area (Å²) in [5.74, 6) is 0. The molecule has 98 valence electrons. The molecule has 1 atom stereocenters. The lowest BCUT2D eigenvalue weighted by atomic mass is 10.0. The third-order valence-corrected chi connectivity index (χ3v) is 3.35. The van der Waals surface area contributed by atoms with Gasteiger partial charge in [0, 0.05) is 12.6 Å². The van der Waals surface area contributed by atoms with Crippen molar-refractivity contribution in [2.24, 2.45) is 0 Å². The Morgan fingerprint density at radius 2 is 1.58 bits per heavy atom. The van der Waals surface area contributed by atoms with E-state index in [1.807, 2.05) is 6.07 Å². The Hall–Kier alpha value is -1.86. The van der Waals surface area contributed by atoms with Gasteiger partial charge in [0.2, 0.25) is 0 Å². The zero-order valence-electron chi connectivity index (χ0n) is 11.5. The second-order valence-corrected chi connectivity index (χ2v) is 4.72. The number of benzene rings is 2. The second-order valence-electron chi connectivity index (χ2n) is 4.72. The minimum absolute atomic E-state index is 0.390. The van der Waals surface area contributed by atoms with E-state index in [0.29, 0.717) is 6.04 Å². The van der Waals surface area contributed by atoms with Crippen LogP contribution in [-0.4, -0.2) is 6.54 Å². The van der Waals surface area contributed by atoms with Gasteiger partial charge in [-0.3, -0.25) is 0 Å². The quantitative estimate of drug-likeness (QED) is 0.800. The standard InChI is InChI=1S/C18H21N/c1-3-18(17-12-8-5-9-13-17)19-14-15(2)16-10-6-4-7-11-16/h4-13,18-19H,2-3,14H2,1H3. The van der Waals surface area contributed by atoms with Gasteiger partial charge in [0.25, 0.3) is 0 Å². The molecule has 1 nitrogen and oxygen atoms in total. The van der Waals surface area contributed by atoms with Crippen LogP contribution in [0.15, 0.2) is 67.2 Å². The molecule has 2 aromatic carbocycles. The third kappa shape index (κ3) is 3.80. The van der Waals surface area contributed by atoms with E-state index < -0.39 is 0 Å². The fourth-order valence-corrected chi connectivity index (χ4v) is 2.21. The van der Waals surface area contributed by atoms with Gasteiger partial charge >= 0.3 is 0 Å². The highest BCUT2D eigenvalue weighted by Gasteiger charge is 2.08. The van der Waals surface area contributed by atoms with Gasteiger partial charge < -0.3 is 5.32 Å². The molecule has 0 saturated carbocycles. The van der Waals surface area contributed by atoms with E-state index in [0.717, 1.165) is 18.5 Å². The highest BCUT2D eigenvalue weighted by Crippen LogP contribution is 2.18. The van der Waals surface area contributed by atoms with Gasteiger partial charge in [0.05, 0.1) is 0 Å². The van der Waals surface area contributed by atoms with Gasteiger partial charge in [-0.15, -0.1) is 0 Å². The largest absolute Gasteiger partial charge is 0.306 e. The highest BCUT2D eigenvalue weighted by atomic mass is 14.9. The maximum Gasteiger partial charge on any atom is 0.0320 e. The Morgan fingerprint density at radius 3 is 2.16 bits per heavy atom. The molecule has 0 bridgehead atoms. The van der Waals surface area contributed by atoms with E-state index in [2.05, 4.69) is 73.4 Å². The number of hydrogen-bond donors (Lipinski definition) is 1. The number of nitrogens with one attached hydrogen (secondary N) is 1. The van der Waals surface area contributed by atoms with Gasteiger partial charge in [0.1, 0.15) is 0 Å². The van der Waals surface area contributed by atoms with Crippen LogP contribution >= 0.6 is 0 Å². The molecule has 0 aliphatic heterocycles. The normalized spacial score (nSPS) is 12.1. The van der Waals surface area contributed by atoms with E-state index in [9.17, 15) is 0 Å². The Balaban J connectivity index is 1.96. The lowest BCUT2D eigenvalue weighted by Gasteiger charge is -2.18. The van der Waals surface area contributed by atoms with Gasteiger partial charge in [-0.2, -0.15) is 0 Å². The maximum absolute atomic E-state index is 4.16. The monoisotopic (exact) mass is 251 g/mol. The number of hydrogen-bond acceptors (Lipinski definition) is 1. The molecule has 19 heavy (non-hydrogen) atoms. The molecule has 0 aromatic heterocycles. The molecular formula is C18H21N. The van der Waals surface area contributed by atoms with E-state index in [1.165, 1.54) is 11.1 Å². The van der Waals surface area contributed by atoms with Crippen LogP contribution in [0.5, 0.6) is 0 Å². The summed E-state index contributed by atoms with van der Waals surface area (Å²) in [6.45, 7) is 7.18. The molecule has 0 aliphatic rings. The average Bonchev–Trinajstić information content (AvgIpc) is 2.49. The van der Waals surface area contributed by atoms with Crippen LogP contribution in [0.4, 0.5) is 0 Å². The molecule has 1 N–H and O–H groups in total. The molecule has 0 fully saturated rings. The van der Waals surface area contributed by atoms with Crippen molar-refractivity contribution < 1.29 is 0 Å². The van der Waals surface area contributed by atoms with E-state index in [1.54, 1.807) is 0 Å². The van der Waals surface area contributed by atoms with Crippen LogP contribution in [0.3, 0.4) is 0 Å². The molecule has 2 rings (SSSR count). The van der Waals surface area contributed by atoms with Gasteiger partial charge in [-0.25, -0.2) is 0 Å². The van der Waals surface area contributed by atoms with Crippen molar-refractivity contribution in [2.75, 3.05) is 6.54 Å². The van der Waals surface area contributed by atoms with E-state index in [-0.39, 0.29) is 0 Å². The van der Waals surface area contributed by atoms with Crippen LogP contribution < -0.4 is 5.32 Å². The van der Waals surface area contributed by atoms with E-state index >= 15 is 0 Å². The first-order chi connectivity index (χ1) is 9.31. The van der Waals surface area contributed by atoms with Crippen molar-refractivity contribution in [3.8, 4) is 0 Å². The molecule has 0 aliphatic carbocycles. The molecule has 1 heteroatoms. The second kappa shape index (κ2) is 6.91. The van der Waals surface area contributed by atoms with Gasteiger partial charge in [0.15, 0.2) is 0 Å². The molecular weight excluding hydrogens is 230 g/mol. The summed E-state index contributed by atoms with van der Waals surface area (Å²) in [5, 5.41) is 3.58. The molecule has 2 aromatic rings. The first kappa shape index (κ1) is 13.6. The maximum atomic E-state index is 4.16.